The maximum absolute atomic E-state index is 11.9. The Hall–Kier alpha value is -1.91. The molecule has 0 aliphatic rings. The zero-order chi connectivity index (χ0) is 16.3. The average molecular weight is 339 g/mol. The SMILES string of the molecule is Cc1ccc(OCC(=O)Nc2cc(Cl)c(N)c(Cl)c2)cc1C. The number of benzene rings is 2. The lowest BCUT2D eigenvalue weighted by Crippen LogP contribution is -2.20. The molecule has 0 saturated heterocycles. The molecule has 22 heavy (non-hydrogen) atoms. The highest BCUT2D eigenvalue weighted by Crippen LogP contribution is 2.31. The lowest BCUT2D eigenvalue weighted by molar-refractivity contribution is -0.118. The minimum Gasteiger partial charge on any atom is -0.484 e. The molecule has 0 bridgehead atoms. The Balaban J connectivity index is 1.97. The number of ether oxygens (including phenoxy) is 1. The normalized spacial score (nSPS) is 10.4. The predicted molar refractivity (Wildman–Crippen MR) is 90.9 cm³/mol. The van der Waals surface area contributed by atoms with Crippen LogP contribution in [0, 0.1) is 13.8 Å². The third-order valence-electron chi connectivity index (χ3n) is 3.21. The monoisotopic (exact) mass is 338 g/mol. The van der Waals surface area contributed by atoms with Gasteiger partial charge in [-0.05, 0) is 49.2 Å². The lowest BCUT2D eigenvalue weighted by Gasteiger charge is -2.10. The van der Waals surface area contributed by atoms with Crippen molar-refractivity contribution < 1.29 is 9.53 Å². The molecule has 4 nitrogen and oxygen atoms in total. The van der Waals surface area contributed by atoms with E-state index < -0.39 is 0 Å². The van der Waals surface area contributed by atoms with Gasteiger partial charge in [-0.2, -0.15) is 0 Å². The third-order valence-corrected chi connectivity index (χ3v) is 3.84. The molecule has 2 rings (SSSR count). The molecule has 0 fully saturated rings. The number of hydrogen-bond acceptors (Lipinski definition) is 3. The number of aryl methyl sites for hydroxylation is 2. The maximum Gasteiger partial charge on any atom is 0.262 e. The molecular weight excluding hydrogens is 323 g/mol. The number of anilines is 2. The van der Waals surface area contributed by atoms with Crippen LogP contribution >= 0.6 is 23.2 Å². The number of amides is 1. The summed E-state index contributed by atoms with van der Waals surface area (Å²) in [6.07, 6.45) is 0. The average Bonchev–Trinajstić information content (AvgIpc) is 2.46. The molecular formula is C16H16Cl2N2O2. The van der Waals surface area contributed by atoms with E-state index in [1.807, 2.05) is 32.0 Å². The first-order chi connectivity index (χ1) is 10.4. The summed E-state index contributed by atoms with van der Waals surface area (Å²) in [5.74, 6) is 0.335. The Bertz CT molecular complexity index is 694. The first kappa shape index (κ1) is 16.5. The number of nitrogen functional groups attached to an aromatic ring is 1. The Morgan fingerprint density at radius 3 is 2.36 bits per heavy atom. The summed E-state index contributed by atoms with van der Waals surface area (Å²) in [5.41, 5.74) is 8.67. The third kappa shape index (κ3) is 4.06. The van der Waals surface area contributed by atoms with Gasteiger partial charge in [-0.15, -0.1) is 0 Å². The standard InChI is InChI=1S/C16H16Cl2N2O2/c1-9-3-4-12(5-10(9)2)22-8-15(21)20-11-6-13(17)16(19)14(18)7-11/h3-7H,8,19H2,1-2H3,(H,20,21). The summed E-state index contributed by atoms with van der Waals surface area (Å²) in [4.78, 5) is 11.9. The van der Waals surface area contributed by atoms with Crippen LogP contribution in [0.5, 0.6) is 5.75 Å². The number of halogens is 2. The Morgan fingerprint density at radius 2 is 1.77 bits per heavy atom. The molecule has 6 heteroatoms. The van der Waals surface area contributed by atoms with Crippen LogP contribution in [0.25, 0.3) is 0 Å². The summed E-state index contributed by atoms with van der Waals surface area (Å²) in [7, 11) is 0. The molecule has 0 unspecified atom stereocenters. The molecule has 3 N–H and O–H groups in total. The highest BCUT2D eigenvalue weighted by atomic mass is 35.5. The van der Waals surface area contributed by atoms with Crippen molar-refractivity contribution in [2.24, 2.45) is 0 Å². The van der Waals surface area contributed by atoms with Gasteiger partial charge in [0.1, 0.15) is 5.75 Å². The molecule has 1 amide bonds. The van der Waals surface area contributed by atoms with Crippen molar-refractivity contribution in [3.8, 4) is 5.75 Å². The van der Waals surface area contributed by atoms with Crippen molar-refractivity contribution in [3.05, 3.63) is 51.5 Å². The van der Waals surface area contributed by atoms with Gasteiger partial charge in [0.2, 0.25) is 0 Å². The Morgan fingerprint density at radius 1 is 1.14 bits per heavy atom. The van der Waals surface area contributed by atoms with E-state index in [4.69, 9.17) is 33.7 Å². The van der Waals surface area contributed by atoms with Crippen LogP contribution < -0.4 is 15.8 Å². The minimum atomic E-state index is -0.310. The molecule has 0 aliphatic carbocycles. The van der Waals surface area contributed by atoms with Crippen molar-refractivity contribution in [1.82, 2.24) is 0 Å². The van der Waals surface area contributed by atoms with Crippen molar-refractivity contribution in [1.29, 1.82) is 0 Å². The van der Waals surface area contributed by atoms with Crippen molar-refractivity contribution in [2.75, 3.05) is 17.7 Å². The van der Waals surface area contributed by atoms with Gasteiger partial charge >= 0.3 is 0 Å². The minimum absolute atomic E-state index is 0.109. The number of nitrogens with two attached hydrogens (primary N) is 1. The molecule has 2 aromatic carbocycles. The Labute approximate surface area is 139 Å². The molecule has 116 valence electrons. The van der Waals surface area contributed by atoms with Crippen LogP contribution in [-0.4, -0.2) is 12.5 Å². The fourth-order valence-corrected chi connectivity index (χ4v) is 2.29. The van der Waals surface area contributed by atoms with Crippen LogP contribution in [0.2, 0.25) is 10.0 Å². The van der Waals surface area contributed by atoms with Crippen molar-refractivity contribution in [2.45, 2.75) is 13.8 Å². The van der Waals surface area contributed by atoms with Gasteiger partial charge in [0.05, 0.1) is 15.7 Å². The zero-order valence-electron chi connectivity index (χ0n) is 12.2. The summed E-state index contributed by atoms with van der Waals surface area (Å²) >= 11 is 11.8. The van der Waals surface area contributed by atoms with Gasteiger partial charge in [0.15, 0.2) is 6.61 Å². The second-order valence-electron chi connectivity index (χ2n) is 4.94. The van der Waals surface area contributed by atoms with Gasteiger partial charge in [-0.1, -0.05) is 29.3 Å². The Kier molecular flexibility index (Phi) is 5.16. The van der Waals surface area contributed by atoms with E-state index in [-0.39, 0.29) is 28.2 Å². The number of carbonyl (C=O) groups is 1. The summed E-state index contributed by atoms with van der Waals surface area (Å²) in [6, 6.07) is 8.74. The van der Waals surface area contributed by atoms with Crippen LogP contribution in [-0.2, 0) is 4.79 Å². The maximum atomic E-state index is 11.9. The fourth-order valence-electron chi connectivity index (χ4n) is 1.81. The summed E-state index contributed by atoms with van der Waals surface area (Å²) < 4.78 is 5.46. The number of nitrogens with one attached hydrogen (secondary N) is 1. The fraction of sp³-hybridized carbons (Fsp3) is 0.188. The first-order valence-corrected chi connectivity index (χ1v) is 7.37. The smallest absolute Gasteiger partial charge is 0.262 e. The van der Waals surface area contributed by atoms with Gasteiger partial charge in [0, 0.05) is 5.69 Å². The highest BCUT2D eigenvalue weighted by Gasteiger charge is 2.09. The number of rotatable bonds is 4. The van der Waals surface area contributed by atoms with E-state index in [1.165, 1.54) is 17.7 Å². The molecule has 0 radical (unpaired) electrons. The lowest BCUT2D eigenvalue weighted by atomic mass is 10.1. The van der Waals surface area contributed by atoms with Gasteiger partial charge in [0.25, 0.3) is 5.91 Å². The summed E-state index contributed by atoms with van der Waals surface area (Å²) in [5, 5.41) is 3.24. The van der Waals surface area contributed by atoms with E-state index in [0.29, 0.717) is 11.4 Å². The van der Waals surface area contributed by atoms with Gasteiger partial charge < -0.3 is 15.8 Å². The largest absolute Gasteiger partial charge is 0.484 e. The number of carbonyl (C=O) groups excluding carboxylic acids is 1. The molecule has 0 aliphatic heterocycles. The van der Waals surface area contributed by atoms with Crippen LogP contribution in [0.15, 0.2) is 30.3 Å². The van der Waals surface area contributed by atoms with E-state index in [2.05, 4.69) is 5.32 Å². The number of hydrogen-bond donors (Lipinski definition) is 2. The molecule has 0 atom stereocenters. The highest BCUT2D eigenvalue weighted by molar-refractivity contribution is 6.39. The van der Waals surface area contributed by atoms with Crippen LogP contribution in [0.3, 0.4) is 0 Å². The zero-order valence-corrected chi connectivity index (χ0v) is 13.8. The molecule has 2 aromatic rings. The van der Waals surface area contributed by atoms with E-state index in [9.17, 15) is 4.79 Å². The second-order valence-corrected chi connectivity index (χ2v) is 5.75. The van der Waals surface area contributed by atoms with Gasteiger partial charge in [-0.25, -0.2) is 0 Å². The molecule has 0 aromatic heterocycles. The van der Waals surface area contributed by atoms with Gasteiger partial charge in [-0.3, -0.25) is 4.79 Å². The van der Waals surface area contributed by atoms with E-state index in [1.54, 1.807) is 0 Å². The molecule has 0 spiro atoms. The summed E-state index contributed by atoms with van der Waals surface area (Å²) in [6.45, 7) is 3.89. The van der Waals surface area contributed by atoms with Crippen molar-refractivity contribution in [3.63, 3.8) is 0 Å². The molecule has 0 saturated carbocycles. The van der Waals surface area contributed by atoms with E-state index >= 15 is 0 Å². The van der Waals surface area contributed by atoms with Crippen LogP contribution in [0.4, 0.5) is 11.4 Å². The predicted octanol–water partition coefficient (Wildman–Crippen LogP) is 4.21. The second kappa shape index (κ2) is 6.90. The first-order valence-electron chi connectivity index (χ1n) is 6.61. The van der Waals surface area contributed by atoms with Crippen molar-refractivity contribution >= 4 is 40.5 Å². The van der Waals surface area contributed by atoms with Crippen LogP contribution in [0.1, 0.15) is 11.1 Å². The quantitative estimate of drug-likeness (QED) is 0.820. The van der Waals surface area contributed by atoms with E-state index in [0.717, 1.165) is 5.56 Å². The topological polar surface area (TPSA) is 64.3 Å². The molecule has 0 heterocycles.